The highest BCUT2D eigenvalue weighted by atomic mass is 19.4. The summed E-state index contributed by atoms with van der Waals surface area (Å²) in [6, 6.07) is 10.1. The largest absolute Gasteiger partial charge is 0.417 e. The summed E-state index contributed by atoms with van der Waals surface area (Å²) in [7, 11) is 0. The lowest BCUT2D eigenvalue weighted by atomic mass is 10.1. The van der Waals surface area contributed by atoms with Crippen molar-refractivity contribution in [3.05, 3.63) is 70.8 Å². The van der Waals surface area contributed by atoms with Gasteiger partial charge in [0, 0.05) is 5.56 Å². The molecule has 2 aromatic carbocycles. The Kier molecular flexibility index (Phi) is 5.50. The van der Waals surface area contributed by atoms with Crippen molar-refractivity contribution in [3.63, 3.8) is 0 Å². The first-order chi connectivity index (χ1) is 11.8. The van der Waals surface area contributed by atoms with Gasteiger partial charge < -0.3 is 0 Å². The molecule has 0 heterocycles. The normalized spacial score (nSPS) is 11.4. The Morgan fingerprint density at radius 3 is 2.24 bits per heavy atom. The second-order valence-corrected chi connectivity index (χ2v) is 4.81. The maximum Gasteiger partial charge on any atom is 0.417 e. The molecule has 2 aromatic rings. The fourth-order valence-electron chi connectivity index (χ4n) is 1.94. The van der Waals surface area contributed by atoms with Crippen molar-refractivity contribution in [1.82, 2.24) is 10.9 Å². The molecule has 0 aliphatic rings. The molecule has 130 valence electrons. The Morgan fingerprint density at radius 1 is 1.00 bits per heavy atom. The Labute approximate surface area is 139 Å². The van der Waals surface area contributed by atoms with E-state index in [4.69, 9.17) is 5.21 Å². The minimum absolute atomic E-state index is 0.197. The molecule has 0 saturated carbocycles. The molecule has 0 saturated heterocycles. The second-order valence-electron chi connectivity index (χ2n) is 4.81. The monoisotopic (exact) mass is 351 g/mol. The number of carbonyl (C=O) groups excluding carboxylic acids is 2. The lowest BCUT2D eigenvalue weighted by Crippen LogP contribution is -2.22. The molecule has 9 heteroatoms. The molecule has 2 rings (SSSR count). The van der Waals surface area contributed by atoms with Gasteiger partial charge in [0.05, 0.1) is 17.3 Å². The van der Waals surface area contributed by atoms with Gasteiger partial charge in [-0.25, -0.2) is 10.9 Å². The zero-order valence-electron chi connectivity index (χ0n) is 12.5. The first kappa shape index (κ1) is 18.1. The first-order valence-corrected chi connectivity index (χ1v) is 6.87. The van der Waals surface area contributed by atoms with Crippen LogP contribution in [0.4, 0.5) is 13.2 Å². The van der Waals surface area contributed by atoms with Crippen molar-refractivity contribution in [2.24, 2.45) is 5.10 Å². The second kappa shape index (κ2) is 7.58. The fraction of sp³-hybridized carbons (Fsp3) is 0.0625. The lowest BCUT2D eigenvalue weighted by Gasteiger charge is -2.10. The highest BCUT2D eigenvalue weighted by Crippen LogP contribution is 2.31. The van der Waals surface area contributed by atoms with E-state index in [0.29, 0.717) is 5.56 Å². The summed E-state index contributed by atoms with van der Waals surface area (Å²) in [5, 5.41) is 12.1. The molecule has 0 radical (unpaired) electrons. The Hall–Kier alpha value is -3.20. The predicted molar refractivity (Wildman–Crippen MR) is 82.2 cm³/mol. The van der Waals surface area contributed by atoms with Crippen molar-refractivity contribution < 1.29 is 28.0 Å². The number of amides is 2. The van der Waals surface area contributed by atoms with E-state index in [1.807, 2.05) is 5.43 Å². The summed E-state index contributed by atoms with van der Waals surface area (Å²) in [5.41, 5.74) is 2.58. The quantitative estimate of drug-likeness (QED) is 0.449. The Morgan fingerprint density at radius 2 is 1.64 bits per heavy atom. The number of alkyl halides is 3. The highest BCUT2D eigenvalue weighted by molar-refractivity contribution is 5.97. The molecular formula is C16H12F3N3O3. The van der Waals surface area contributed by atoms with Gasteiger partial charge in [-0.3, -0.25) is 14.8 Å². The van der Waals surface area contributed by atoms with Crippen LogP contribution in [-0.2, 0) is 6.18 Å². The van der Waals surface area contributed by atoms with Crippen LogP contribution in [0.15, 0.2) is 53.6 Å². The van der Waals surface area contributed by atoms with Crippen molar-refractivity contribution in [2.45, 2.75) is 6.18 Å². The number of hydrazone groups is 1. The summed E-state index contributed by atoms with van der Waals surface area (Å²) in [6.45, 7) is 0. The summed E-state index contributed by atoms with van der Waals surface area (Å²) in [6.07, 6.45) is -3.45. The van der Waals surface area contributed by atoms with Crippen molar-refractivity contribution >= 4 is 18.0 Å². The van der Waals surface area contributed by atoms with Crippen molar-refractivity contribution in [1.29, 1.82) is 0 Å². The molecule has 0 fully saturated rings. The van der Waals surface area contributed by atoms with Crippen molar-refractivity contribution in [2.75, 3.05) is 0 Å². The molecular weight excluding hydrogens is 339 g/mol. The number of carbonyl (C=O) groups is 2. The molecule has 0 aliphatic heterocycles. The Bertz CT molecular complexity index is 802. The molecule has 0 bridgehead atoms. The smallest absolute Gasteiger partial charge is 0.288 e. The topological polar surface area (TPSA) is 90.8 Å². The van der Waals surface area contributed by atoms with Gasteiger partial charge in [-0.05, 0) is 29.8 Å². The standard InChI is InChI=1S/C16H12F3N3O3/c17-16(18,19)13-4-2-1-3-12(13)15(24)21-20-9-10-5-7-11(8-6-10)14(23)22-25/h1-9,25H,(H,21,24)(H,22,23)/b20-9+. The first-order valence-electron chi connectivity index (χ1n) is 6.87. The van der Waals surface area contributed by atoms with Crippen LogP contribution in [0.2, 0.25) is 0 Å². The minimum Gasteiger partial charge on any atom is -0.288 e. The van der Waals surface area contributed by atoms with Gasteiger partial charge >= 0.3 is 6.18 Å². The van der Waals surface area contributed by atoms with Gasteiger partial charge in [-0.2, -0.15) is 18.3 Å². The van der Waals surface area contributed by atoms with E-state index >= 15 is 0 Å². The zero-order valence-corrected chi connectivity index (χ0v) is 12.5. The minimum atomic E-state index is -4.65. The summed E-state index contributed by atoms with van der Waals surface area (Å²) >= 11 is 0. The van der Waals surface area contributed by atoms with Crippen LogP contribution >= 0.6 is 0 Å². The maximum atomic E-state index is 12.9. The van der Waals surface area contributed by atoms with Gasteiger partial charge in [-0.15, -0.1) is 0 Å². The number of hydrogen-bond acceptors (Lipinski definition) is 4. The van der Waals surface area contributed by atoms with E-state index in [0.717, 1.165) is 12.1 Å². The molecule has 0 aromatic heterocycles. The molecule has 2 amide bonds. The summed E-state index contributed by atoms with van der Waals surface area (Å²) in [5.74, 6) is -1.69. The van der Waals surface area contributed by atoms with Gasteiger partial charge in [0.2, 0.25) is 0 Å². The van der Waals surface area contributed by atoms with Crippen LogP contribution < -0.4 is 10.9 Å². The number of halogens is 3. The third kappa shape index (κ3) is 4.64. The number of hydroxylamine groups is 1. The van der Waals surface area contributed by atoms with Crippen LogP contribution in [0.5, 0.6) is 0 Å². The molecule has 0 atom stereocenters. The van der Waals surface area contributed by atoms with Crippen LogP contribution in [-0.4, -0.2) is 23.2 Å². The van der Waals surface area contributed by atoms with Crippen LogP contribution in [0.25, 0.3) is 0 Å². The number of nitrogens with one attached hydrogen (secondary N) is 2. The third-order valence-electron chi connectivity index (χ3n) is 3.13. The van der Waals surface area contributed by atoms with E-state index in [1.165, 1.54) is 48.1 Å². The SMILES string of the molecule is O=C(NO)c1ccc(/C=N/NC(=O)c2ccccc2C(F)(F)F)cc1. The number of hydrogen-bond donors (Lipinski definition) is 3. The number of rotatable bonds is 4. The number of benzene rings is 2. The summed E-state index contributed by atoms with van der Waals surface area (Å²) < 4.78 is 38.6. The lowest BCUT2D eigenvalue weighted by molar-refractivity contribution is -0.137. The van der Waals surface area contributed by atoms with Crippen LogP contribution in [0.3, 0.4) is 0 Å². The van der Waals surface area contributed by atoms with Gasteiger partial charge in [0.25, 0.3) is 11.8 Å². The molecule has 0 spiro atoms. The zero-order chi connectivity index (χ0) is 18.4. The van der Waals surface area contributed by atoms with E-state index in [9.17, 15) is 22.8 Å². The fourth-order valence-corrected chi connectivity index (χ4v) is 1.94. The third-order valence-corrected chi connectivity index (χ3v) is 3.13. The van der Waals surface area contributed by atoms with E-state index in [2.05, 4.69) is 5.10 Å². The van der Waals surface area contributed by atoms with Gasteiger partial charge in [0.1, 0.15) is 0 Å². The van der Waals surface area contributed by atoms with Crippen LogP contribution in [0.1, 0.15) is 31.8 Å². The number of nitrogens with zero attached hydrogens (tertiary/aromatic N) is 1. The van der Waals surface area contributed by atoms with Crippen LogP contribution in [0, 0.1) is 0 Å². The molecule has 6 nitrogen and oxygen atoms in total. The molecule has 0 aliphatic carbocycles. The van der Waals surface area contributed by atoms with E-state index < -0.39 is 29.1 Å². The van der Waals surface area contributed by atoms with Gasteiger partial charge in [-0.1, -0.05) is 24.3 Å². The van der Waals surface area contributed by atoms with Gasteiger partial charge in [0.15, 0.2) is 0 Å². The molecule has 3 N–H and O–H groups in total. The molecule has 0 unspecified atom stereocenters. The maximum absolute atomic E-state index is 12.9. The average Bonchev–Trinajstić information content (AvgIpc) is 2.60. The van der Waals surface area contributed by atoms with E-state index in [-0.39, 0.29) is 5.56 Å². The van der Waals surface area contributed by atoms with Crippen molar-refractivity contribution in [3.8, 4) is 0 Å². The van der Waals surface area contributed by atoms with E-state index in [1.54, 1.807) is 0 Å². The Balaban J connectivity index is 2.08. The predicted octanol–water partition coefficient (Wildman–Crippen LogP) is 2.59. The average molecular weight is 351 g/mol. The molecule has 25 heavy (non-hydrogen) atoms. The highest BCUT2D eigenvalue weighted by Gasteiger charge is 2.34. The summed E-state index contributed by atoms with van der Waals surface area (Å²) in [4.78, 5) is 23.0.